The summed E-state index contributed by atoms with van der Waals surface area (Å²) in [4.78, 5) is 11.4. The molecule has 0 spiro atoms. The topological polar surface area (TPSA) is 44.8 Å². The van der Waals surface area contributed by atoms with Crippen molar-refractivity contribution in [3.63, 3.8) is 0 Å². The van der Waals surface area contributed by atoms with Gasteiger partial charge < -0.3 is 14.2 Å². The van der Waals surface area contributed by atoms with Crippen LogP contribution in [0, 0.1) is 13.8 Å². The Balaban J connectivity index is 2.94. The molecule has 0 fully saturated rings. The normalized spacial score (nSPS) is 10.4. The van der Waals surface area contributed by atoms with Gasteiger partial charge in [-0.1, -0.05) is 32.6 Å². The number of methoxy groups -OCH3 is 2. The summed E-state index contributed by atoms with van der Waals surface area (Å²) in [6, 6.07) is 0. The summed E-state index contributed by atoms with van der Waals surface area (Å²) in [5.41, 5.74) is 2.14. The molecule has 0 atom stereocenters. The molecule has 0 aliphatic carbocycles. The first kappa shape index (κ1) is 18.3. The number of carbonyl (C=O) groups excluding carboxylic acids is 1. The van der Waals surface area contributed by atoms with Gasteiger partial charge in [0.15, 0.2) is 17.8 Å². The monoisotopic (exact) mass is 308 g/mol. The second-order valence-electron chi connectivity index (χ2n) is 5.44. The minimum absolute atomic E-state index is 0.492. The molecule has 0 unspecified atom stereocenters. The molecule has 0 aliphatic heterocycles. The SMILES string of the molecule is CCCCCCCOc1c(C)c(OC)c(C)c(C=O)c1OC. The number of ether oxygens (including phenoxy) is 3. The van der Waals surface area contributed by atoms with E-state index in [-0.39, 0.29) is 0 Å². The van der Waals surface area contributed by atoms with Gasteiger partial charge in [-0.2, -0.15) is 0 Å². The predicted octanol–water partition coefficient (Wildman–Crippen LogP) is 4.48. The molecule has 0 bridgehead atoms. The molecule has 0 heterocycles. The molecule has 1 rings (SSSR count). The zero-order valence-electron chi connectivity index (χ0n) is 14.5. The molecule has 4 nitrogen and oxygen atoms in total. The number of hydrogen-bond acceptors (Lipinski definition) is 4. The van der Waals surface area contributed by atoms with Crippen molar-refractivity contribution < 1.29 is 19.0 Å². The van der Waals surface area contributed by atoms with Crippen LogP contribution in [0.4, 0.5) is 0 Å². The van der Waals surface area contributed by atoms with Crippen LogP contribution in [0.15, 0.2) is 0 Å². The third kappa shape index (κ3) is 4.15. The summed E-state index contributed by atoms with van der Waals surface area (Å²) in [6.07, 6.45) is 6.66. The van der Waals surface area contributed by atoms with E-state index < -0.39 is 0 Å². The highest BCUT2D eigenvalue weighted by Gasteiger charge is 2.21. The molecule has 0 aromatic heterocycles. The van der Waals surface area contributed by atoms with Crippen LogP contribution < -0.4 is 14.2 Å². The molecule has 124 valence electrons. The highest BCUT2D eigenvalue weighted by Crippen LogP contribution is 2.42. The van der Waals surface area contributed by atoms with E-state index in [0.29, 0.717) is 29.4 Å². The van der Waals surface area contributed by atoms with Crippen LogP contribution in [0.2, 0.25) is 0 Å². The van der Waals surface area contributed by atoms with E-state index in [0.717, 1.165) is 30.3 Å². The van der Waals surface area contributed by atoms with Crippen molar-refractivity contribution in [3.8, 4) is 17.2 Å². The average Bonchev–Trinajstić information content (AvgIpc) is 2.52. The highest BCUT2D eigenvalue weighted by molar-refractivity contribution is 5.86. The first-order chi connectivity index (χ1) is 10.6. The lowest BCUT2D eigenvalue weighted by Crippen LogP contribution is -2.06. The lowest BCUT2D eigenvalue weighted by Gasteiger charge is -2.20. The van der Waals surface area contributed by atoms with Crippen LogP contribution in [-0.4, -0.2) is 27.1 Å². The van der Waals surface area contributed by atoms with Gasteiger partial charge >= 0.3 is 0 Å². The predicted molar refractivity (Wildman–Crippen MR) is 88.7 cm³/mol. The second-order valence-corrected chi connectivity index (χ2v) is 5.44. The summed E-state index contributed by atoms with van der Waals surface area (Å²) >= 11 is 0. The van der Waals surface area contributed by atoms with Crippen LogP contribution in [0.5, 0.6) is 17.2 Å². The minimum atomic E-state index is 0.492. The Kier molecular flexibility index (Phi) is 7.78. The molecule has 1 aromatic rings. The molecule has 0 aliphatic rings. The first-order valence-corrected chi connectivity index (χ1v) is 7.95. The van der Waals surface area contributed by atoms with Crippen molar-refractivity contribution in [2.75, 3.05) is 20.8 Å². The van der Waals surface area contributed by atoms with Gasteiger partial charge in [-0.25, -0.2) is 0 Å². The van der Waals surface area contributed by atoms with Crippen LogP contribution in [0.1, 0.15) is 60.5 Å². The average molecular weight is 308 g/mol. The number of unbranched alkanes of at least 4 members (excludes halogenated alkanes) is 4. The Morgan fingerprint density at radius 1 is 0.864 bits per heavy atom. The highest BCUT2D eigenvalue weighted by atomic mass is 16.5. The van der Waals surface area contributed by atoms with E-state index in [1.165, 1.54) is 19.3 Å². The van der Waals surface area contributed by atoms with Crippen molar-refractivity contribution >= 4 is 6.29 Å². The molecule has 0 saturated heterocycles. The number of carbonyl (C=O) groups is 1. The molecule has 22 heavy (non-hydrogen) atoms. The van der Waals surface area contributed by atoms with E-state index in [1.54, 1.807) is 14.2 Å². The van der Waals surface area contributed by atoms with Crippen LogP contribution in [0.3, 0.4) is 0 Å². The van der Waals surface area contributed by atoms with Gasteiger partial charge in [0.25, 0.3) is 0 Å². The Morgan fingerprint density at radius 2 is 1.50 bits per heavy atom. The van der Waals surface area contributed by atoms with Gasteiger partial charge in [0.1, 0.15) is 5.75 Å². The molecule has 0 radical (unpaired) electrons. The smallest absolute Gasteiger partial charge is 0.172 e. The number of rotatable bonds is 10. The van der Waals surface area contributed by atoms with Crippen LogP contribution in [0.25, 0.3) is 0 Å². The number of aldehydes is 1. The Labute approximate surface area is 133 Å². The van der Waals surface area contributed by atoms with E-state index >= 15 is 0 Å². The maximum absolute atomic E-state index is 11.4. The Hall–Kier alpha value is -1.71. The molecular weight excluding hydrogens is 280 g/mol. The maximum Gasteiger partial charge on any atom is 0.172 e. The van der Waals surface area contributed by atoms with Gasteiger partial charge in [-0.05, 0) is 20.3 Å². The second kappa shape index (κ2) is 9.34. The van der Waals surface area contributed by atoms with Crippen molar-refractivity contribution in [1.82, 2.24) is 0 Å². The van der Waals surface area contributed by atoms with Gasteiger partial charge in [0.2, 0.25) is 0 Å². The minimum Gasteiger partial charge on any atom is -0.496 e. The fourth-order valence-electron chi connectivity index (χ4n) is 2.67. The van der Waals surface area contributed by atoms with Crippen LogP contribution in [-0.2, 0) is 0 Å². The molecule has 0 N–H and O–H groups in total. The zero-order valence-corrected chi connectivity index (χ0v) is 14.5. The molecule has 4 heteroatoms. The first-order valence-electron chi connectivity index (χ1n) is 7.95. The third-order valence-corrected chi connectivity index (χ3v) is 3.90. The Morgan fingerprint density at radius 3 is 2.05 bits per heavy atom. The molecule has 0 saturated carbocycles. The van der Waals surface area contributed by atoms with E-state index in [2.05, 4.69) is 6.92 Å². The van der Waals surface area contributed by atoms with E-state index in [1.807, 2.05) is 13.8 Å². The van der Waals surface area contributed by atoms with Crippen molar-refractivity contribution in [2.24, 2.45) is 0 Å². The molecule has 1 aromatic carbocycles. The summed E-state index contributed by atoms with van der Waals surface area (Å²) in [7, 11) is 3.16. The van der Waals surface area contributed by atoms with Crippen molar-refractivity contribution in [1.29, 1.82) is 0 Å². The lowest BCUT2D eigenvalue weighted by atomic mass is 10.0. The van der Waals surface area contributed by atoms with Crippen LogP contribution >= 0.6 is 0 Å². The fourth-order valence-corrected chi connectivity index (χ4v) is 2.67. The third-order valence-electron chi connectivity index (χ3n) is 3.90. The van der Waals surface area contributed by atoms with Gasteiger partial charge in [0.05, 0.1) is 26.4 Å². The Bertz CT molecular complexity index is 495. The number of benzene rings is 1. The van der Waals surface area contributed by atoms with E-state index in [9.17, 15) is 4.79 Å². The quantitative estimate of drug-likeness (QED) is 0.472. The lowest BCUT2D eigenvalue weighted by molar-refractivity contribution is 0.111. The fraction of sp³-hybridized carbons (Fsp3) is 0.611. The molecular formula is C18H28O4. The van der Waals surface area contributed by atoms with E-state index in [4.69, 9.17) is 14.2 Å². The van der Waals surface area contributed by atoms with Gasteiger partial charge in [0, 0.05) is 11.1 Å². The maximum atomic E-state index is 11.4. The summed E-state index contributed by atoms with van der Waals surface area (Å²) in [6.45, 7) is 6.59. The van der Waals surface area contributed by atoms with Gasteiger partial charge in [-0.3, -0.25) is 4.79 Å². The molecule has 0 amide bonds. The number of hydrogen-bond donors (Lipinski definition) is 0. The standard InChI is InChI=1S/C18H28O4/c1-6-7-8-9-10-11-22-17-14(3)16(20-4)13(2)15(12-19)18(17)21-5/h12H,6-11H2,1-5H3. The van der Waals surface area contributed by atoms with Gasteiger partial charge in [-0.15, -0.1) is 0 Å². The summed E-state index contributed by atoms with van der Waals surface area (Å²) in [5.74, 6) is 1.80. The van der Waals surface area contributed by atoms with Crippen molar-refractivity contribution in [3.05, 3.63) is 16.7 Å². The largest absolute Gasteiger partial charge is 0.496 e. The zero-order chi connectivity index (χ0) is 16.5. The summed E-state index contributed by atoms with van der Waals surface area (Å²) in [5, 5.41) is 0. The van der Waals surface area contributed by atoms with Crippen molar-refractivity contribution in [2.45, 2.75) is 52.9 Å². The summed E-state index contributed by atoms with van der Waals surface area (Å²) < 4.78 is 16.8.